The topological polar surface area (TPSA) is 97.0 Å². The van der Waals surface area contributed by atoms with Gasteiger partial charge in [-0.1, -0.05) is 0 Å². The first-order chi connectivity index (χ1) is 17.5. The Morgan fingerprint density at radius 2 is 1.97 bits per heavy atom. The van der Waals surface area contributed by atoms with Crippen LogP contribution in [0.25, 0.3) is 5.65 Å². The van der Waals surface area contributed by atoms with Crippen molar-refractivity contribution in [3.8, 4) is 0 Å². The van der Waals surface area contributed by atoms with Gasteiger partial charge in [0.2, 0.25) is 0 Å². The molecule has 3 amide bonds. The predicted octanol–water partition coefficient (Wildman–Crippen LogP) is 3.04. The van der Waals surface area contributed by atoms with Crippen LogP contribution in [0.1, 0.15) is 34.5 Å². The molecular formula is C24H28F3N7O3. The molecule has 0 radical (unpaired) electrons. The number of hydrogen-bond donors (Lipinski definition) is 1. The van der Waals surface area contributed by atoms with Crippen molar-refractivity contribution in [1.29, 1.82) is 0 Å². The number of aromatic nitrogens is 4. The number of likely N-dealkylation sites (tertiary alicyclic amines) is 1. The third-order valence-corrected chi connectivity index (χ3v) is 7.44. The Bertz CT molecular complexity index is 1340. The summed E-state index contributed by atoms with van der Waals surface area (Å²) in [6.07, 6.45) is 2.99. The van der Waals surface area contributed by atoms with Crippen molar-refractivity contribution in [2.24, 2.45) is 12.5 Å². The van der Waals surface area contributed by atoms with Crippen molar-refractivity contribution in [3.63, 3.8) is 0 Å². The number of methoxy groups -OCH3 is 1. The molecule has 10 nitrogen and oxygen atoms in total. The number of anilines is 1. The van der Waals surface area contributed by atoms with Crippen LogP contribution in [0.4, 0.5) is 23.7 Å². The van der Waals surface area contributed by atoms with Gasteiger partial charge in [0.1, 0.15) is 11.2 Å². The molecule has 1 N–H and O–H groups in total. The average molecular weight is 520 g/mol. The minimum absolute atomic E-state index is 0.0142. The fourth-order valence-corrected chi connectivity index (χ4v) is 5.33. The second-order valence-electron chi connectivity index (χ2n) is 9.97. The van der Waals surface area contributed by atoms with E-state index < -0.39 is 17.8 Å². The van der Waals surface area contributed by atoms with E-state index in [1.807, 2.05) is 17.8 Å². The van der Waals surface area contributed by atoms with E-state index in [0.717, 1.165) is 30.2 Å². The molecule has 2 fully saturated rings. The number of halogens is 3. The summed E-state index contributed by atoms with van der Waals surface area (Å²) in [5.74, 6) is -0.0771. The van der Waals surface area contributed by atoms with Gasteiger partial charge in [0, 0.05) is 64.1 Å². The van der Waals surface area contributed by atoms with Crippen LogP contribution < -0.4 is 5.32 Å². The number of pyridine rings is 1. The van der Waals surface area contributed by atoms with Crippen LogP contribution in [0.5, 0.6) is 0 Å². The molecule has 3 aromatic heterocycles. The number of nitrogens with one attached hydrogen (secondary N) is 1. The van der Waals surface area contributed by atoms with Crippen molar-refractivity contribution in [3.05, 3.63) is 47.7 Å². The highest BCUT2D eigenvalue weighted by Crippen LogP contribution is 2.50. The first-order valence-electron chi connectivity index (χ1n) is 11.9. The molecule has 4 heterocycles. The number of rotatable bonds is 6. The van der Waals surface area contributed by atoms with Crippen molar-refractivity contribution in [1.82, 2.24) is 29.0 Å². The molecule has 13 heteroatoms. The molecule has 0 aromatic carbocycles. The van der Waals surface area contributed by atoms with E-state index in [9.17, 15) is 22.8 Å². The van der Waals surface area contributed by atoms with E-state index in [0.29, 0.717) is 37.9 Å². The largest absolute Gasteiger partial charge is 0.417 e. The van der Waals surface area contributed by atoms with Crippen molar-refractivity contribution >= 4 is 23.3 Å². The lowest BCUT2D eigenvalue weighted by molar-refractivity contribution is -0.137. The Morgan fingerprint density at radius 1 is 1.24 bits per heavy atom. The normalized spacial score (nSPS) is 17.1. The number of carbonyl (C=O) groups is 2. The molecular weight excluding hydrogens is 491 g/mol. The maximum absolute atomic E-state index is 13.2. The molecule has 5 rings (SSSR count). The van der Waals surface area contributed by atoms with Crippen LogP contribution in [0.15, 0.2) is 30.9 Å². The lowest BCUT2D eigenvalue weighted by Gasteiger charge is -2.60. The van der Waals surface area contributed by atoms with E-state index in [1.165, 1.54) is 11.1 Å². The van der Waals surface area contributed by atoms with Crippen LogP contribution in [-0.2, 0) is 24.4 Å². The number of imidazole rings is 1. The molecule has 1 spiro atoms. The van der Waals surface area contributed by atoms with E-state index in [-0.39, 0.29) is 23.1 Å². The van der Waals surface area contributed by atoms with Crippen LogP contribution >= 0.6 is 0 Å². The van der Waals surface area contributed by atoms with Gasteiger partial charge in [-0.2, -0.15) is 18.3 Å². The molecule has 0 unspecified atom stereocenters. The molecule has 1 aliphatic heterocycles. The summed E-state index contributed by atoms with van der Waals surface area (Å²) in [6.45, 7) is 1.75. The molecule has 3 aromatic rings. The minimum Gasteiger partial charge on any atom is -0.384 e. The molecule has 37 heavy (non-hydrogen) atoms. The lowest BCUT2D eigenvalue weighted by Crippen LogP contribution is -2.67. The summed E-state index contributed by atoms with van der Waals surface area (Å²) in [7, 11) is 5.17. The molecule has 1 saturated heterocycles. The van der Waals surface area contributed by atoms with Crippen LogP contribution in [0.2, 0.25) is 0 Å². The van der Waals surface area contributed by atoms with Crippen molar-refractivity contribution in [2.45, 2.75) is 31.5 Å². The lowest BCUT2D eigenvalue weighted by atomic mass is 9.60. The van der Waals surface area contributed by atoms with Gasteiger partial charge in [-0.15, -0.1) is 0 Å². The van der Waals surface area contributed by atoms with Gasteiger partial charge < -0.3 is 24.4 Å². The van der Waals surface area contributed by atoms with E-state index in [2.05, 4.69) is 15.4 Å². The molecule has 1 saturated carbocycles. The zero-order valence-corrected chi connectivity index (χ0v) is 20.7. The number of fused-ring (bicyclic) bond motifs is 1. The van der Waals surface area contributed by atoms with Crippen molar-refractivity contribution in [2.75, 3.05) is 39.2 Å². The Kier molecular flexibility index (Phi) is 6.13. The molecule has 0 atom stereocenters. The summed E-state index contributed by atoms with van der Waals surface area (Å²) < 4.78 is 47.5. The Labute approximate surface area is 211 Å². The number of urea groups is 1. The van der Waals surface area contributed by atoms with Gasteiger partial charge >= 0.3 is 12.2 Å². The quantitative estimate of drug-likeness (QED) is 0.540. The van der Waals surface area contributed by atoms with Crippen LogP contribution in [0.3, 0.4) is 0 Å². The highest BCUT2D eigenvalue weighted by atomic mass is 19.4. The highest BCUT2D eigenvalue weighted by molar-refractivity contribution is 6.00. The van der Waals surface area contributed by atoms with Gasteiger partial charge in [-0.05, 0) is 18.9 Å². The smallest absolute Gasteiger partial charge is 0.384 e. The SMILES string of the molecule is COCCc1cn2ncc(C(=O)N3CC4(CC(N(C)C(=O)Nc5cncc(C(F)(F)F)c5)C4)C3)c2n1C. The van der Waals surface area contributed by atoms with Gasteiger partial charge in [0.25, 0.3) is 5.91 Å². The first kappa shape index (κ1) is 25.1. The number of aryl methyl sites for hydroxylation is 1. The predicted molar refractivity (Wildman–Crippen MR) is 127 cm³/mol. The molecule has 2 aliphatic rings. The standard InChI is InChI=1S/C24H28F3N7O3/c1-31-17(4-5-37-3)12-34-20(31)19(11-29-34)21(35)33-13-23(14-33)7-18(8-23)32(2)22(36)30-16-6-15(9-28-10-16)24(25,26)27/h6,9-12,18H,4-5,7-8,13-14H2,1-3H3,(H,30,36). The number of alkyl halides is 3. The van der Waals surface area contributed by atoms with E-state index in [4.69, 9.17) is 4.74 Å². The van der Waals surface area contributed by atoms with E-state index in [1.54, 1.807) is 29.8 Å². The highest BCUT2D eigenvalue weighted by Gasteiger charge is 2.55. The van der Waals surface area contributed by atoms with Crippen molar-refractivity contribution < 1.29 is 27.5 Å². The number of amides is 3. The first-order valence-corrected chi connectivity index (χ1v) is 11.9. The maximum atomic E-state index is 13.2. The second kappa shape index (κ2) is 9.05. The monoisotopic (exact) mass is 519 g/mol. The molecule has 0 bridgehead atoms. The van der Waals surface area contributed by atoms with Gasteiger partial charge in [0.05, 0.1) is 36.4 Å². The maximum Gasteiger partial charge on any atom is 0.417 e. The fourth-order valence-electron chi connectivity index (χ4n) is 5.33. The average Bonchev–Trinajstić information content (AvgIpc) is 3.35. The number of ether oxygens (including phenoxy) is 1. The summed E-state index contributed by atoms with van der Waals surface area (Å²) in [4.78, 5) is 32.7. The number of nitrogens with zero attached hydrogens (tertiary/aromatic N) is 6. The number of hydrogen-bond acceptors (Lipinski definition) is 5. The van der Waals surface area contributed by atoms with Gasteiger partial charge in [0.15, 0.2) is 0 Å². The zero-order valence-electron chi connectivity index (χ0n) is 20.7. The van der Waals surface area contributed by atoms with Crippen LogP contribution in [0, 0.1) is 5.41 Å². The fraction of sp³-hybridized carbons (Fsp3) is 0.500. The van der Waals surface area contributed by atoms with Gasteiger partial charge in [-0.25, -0.2) is 9.31 Å². The second-order valence-corrected chi connectivity index (χ2v) is 9.97. The van der Waals surface area contributed by atoms with Gasteiger partial charge in [-0.3, -0.25) is 9.78 Å². The van der Waals surface area contributed by atoms with E-state index >= 15 is 0 Å². The Hall–Kier alpha value is -3.61. The Morgan fingerprint density at radius 3 is 2.65 bits per heavy atom. The third kappa shape index (κ3) is 4.52. The summed E-state index contributed by atoms with van der Waals surface area (Å²) in [5, 5.41) is 6.83. The summed E-state index contributed by atoms with van der Waals surface area (Å²) in [5.41, 5.74) is 1.32. The Balaban J connectivity index is 1.16. The zero-order chi connectivity index (χ0) is 26.5. The minimum atomic E-state index is -4.54. The summed E-state index contributed by atoms with van der Waals surface area (Å²) in [6, 6.07) is 0.302. The molecule has 1 aliphatic carbocycles. The van der Waals surface area contributed by atoms with Crippen LogP contribution in [-0.4, -0.2) is 80.8 Å². The third-order valence-electron chi connectivity index (χ3n) is 7.44. The number of carbonyl (C=O) groups excluding carboxylic acids is 2. The summed E-state index contributed by atoms with van der Waals surface area (Å²) >= 11 is 0. The molecule has 198 valence electrons.